The quantitative estimate of drug-likeness (QED) is 0.236. The number of hydrogen-bond acceptors (Lipinski definition) is 11. The van der Waals surface area contributed by atoms with Gasteiger partial charge in [-0.15, -0.1) is 0 Å². The summed E-state index contributed by atoms with van der Waals surface area (Å²) in [6, 6.07) is 2.46. The lowest BCUT2D eigenvalue weighted by Gasteiger charge is -2.46. The van der Waals surface area contributed by atoms with Crippen LogP contribution in [0.5, 0.6) is 5.75 Å². The summed E-state index contributed by atoms with van der Waals surface area (Å²) in [5, 5.41) is 26.6. The first-order chi connectivity index (χ1) is 23.8. The maximum atomic E-state index is 14.1. The number of halogens is 1. The van der Waals surface area contributed by atoms with Crippen molar-refractivity contribution in [3.63, 3.8) is 0 Å². The molecule has 51 heavy (non-hydrogen) atoms. The second kappa shape index (κ2) is 17.5. The van der Waals surface area contributed by atoms with Gasteiger partial charge in [-0.25, -0.2) is 9.59 Å². The second-order valence-corrected chi connectivity index (χ2v) is 14.5. The van der Waals surface area contributed by atoms with Crippen molar-refractivity contribution in [1.82, 2.24) is 10.2 Å². The first-order valence-corrected chi connectivity index (χ1v) is 17.8. The van der Waals surface area contributed by atoms with Gasteiger partial charge >= 0.3 is 12.1 Å². The number of hydrogen-bond donors (Lipinski definition) is 4. The zero-order valence-corrected chi connectivity index (χ0v) is 32.4. The lowest BCUT2D eigenvalue weighted by atomic mass is 9.73. The number of allylic oxidation sites excluding steroid dienone is 3. The first-order valence-electron chi connectivity index (χ1n) is 16.8. The Bertz CT molecular complexity index is 1520. The topological polar surface area (TPSA) is 164 Å². The third kappa shape index (κ3) is 9.78. The molecule has 2 aliphatic rings. The molecule has 13 nitrogen and oxygen atoms in total. The fourth-order valence-electron chi connectivity index (χ4n) is 6.32. The van der Waals surface area contributed by atoms with Crippen molar-refractivity contribution in [3.05, 3.63) is 46.5 Å². The molecule has 0 aliphatic carbocycles. The lowest BCUT2D eigenvalue weighted by Crippen LogP contribution is -2.64. The van der Waals surface area contributed by atoms with Crippen molar-refractivity contribution in [2.24, 2.45) is 11.8 Å². The smallest absolute Gasteiger partial charge is 0.409 e. The summed E-state index contributed by atoms with van der Waals surface area (Å²) >= 11 is 10.8. The third-order valence-corrected chi connectivity index (χ3v) is 10.8. The average molecular weight is 754 g/mol. The minimum atomic E-state index is -1.91. The highest BCUT2D eigenvalue weighted by atomic mass is 35.5. The van der Waals surface area contributed by atoms with Gasteiger partial charge in [0.25, 0.3) is 0 Å². The molecule has 2 heterocycles. The van der Waals surface area contributed by atoms with Crippen LogP contribution < -0.4 is 15.0 Å². The molecule has 15 heteroatoms. The Balaban J connectivity index is 2.18. The Morgan fingerprint density at radius 1 is 1.24 bits per heavy atom. The van der Waals surface area contributed by atoms with Gasteiger partial charge in [0.15, 0.2) is 5.72 Å². The van der Waals surface area contributed by atoms with E-state index in [1.54, 1.807) is 38.1 Å². The molecule has 4 bridgehead atoms. The van der Waals surface area contributed by atoms with Gasteiger partial charge in [0, 0.05) is 34.0 Å². The summed E-state index contributed by atoms with van der Waals surface area (Å²) in [7, 11) is 5.85. The van der Waals surface area contributed by atoms with Gasteiger partial charge in [-0.3, -0.25) is 14.9 Å². The molecule has 1 aromatic rings. The third-order valence-electron chi connectivity index (χ3n) is 10.2. The number of fused-ring (bicyclic) bond motifs is 4. The number of amides is 3. The average Bonchev–Trinajstić information content (AvgIpc) is 3.07. The summed E-state index contributed by atoms with van der Waals surface area (Å²) in [6.07, 6.45) is 0.869. The highest BCUT2D eigenvalue weighted by Gasteiger charge is 2.51. The number of likely N-dealkylation sites (N-methyl/N-ethyl adjacent to an activating group) is 1. The number of thiol groups is 1. The molecule has 8 atom stereocenters. The second-order valence-electron chi connectivity index (χ2n) is 13.7. The number of ether oxygens (including phenoxy) is 4. The molecule has 3 amide bonds. The van der Waals surface area contributed by atoms with Crippen LogP contribution in [0.2, 0.25) is 5.02 Å². The number of esters is 1. The van der Waals surface area contributed by atoms with Crippen molar-refractivity contribution >= 4 is 53.8 Å². The monoisotopic (exact) mass is 753 g/mol. The SMILES string of the molecule is COc1cc2cc(c1Cl)N(C)C(=O)C[C@@H](OC(=O)[C@@H](C)N(C)C(=O)CCS)[C@](C)(O)[C@@H](C)[C@@H](C)[C@@H]1CC(O)(NC(=O)O1)[C@@H](OC)/C=C/C=C(\C)C2. The van der Waals surface area contributed by atoms with Crippen LogP contribution in [0.3, 0.4) is 0 Å². The zero-order chi connectivity index (χ0) is 38.4. The summed E-state index contributed by atoms with van der Waals surface area (Å²) in [5.41, 5.74) is -1.78. The van der Waals surface area contributed by atoms with E-state index in [2.05, 4.69) is 17.9 Å². The molecular weight excluding hydrogens is 702 g/mol. The number of carbonyl (C=O) groups excluding carboxylic acids is 4. The molecule has 0 radical (unpaired) electrons. The molecule has 0 aromatic heterocycles. The van der Waals surface area contributed by atoms with Crippen LogP contribution in [0.25, 0.3) is 0 Å². The summed E-state index contributed by atoms with van der Waals surface area (Å²) < 4.78 is 22.7. The number of benzene rings is 1. The number of rotatable bonds is 7. The van der Waals surface area contributed by atoms with E-state index in [-0.39, 0.29) is 29.5 Å². The van der Waals surface area contributed by atoms with E-state index in [1.807, 2.05) is 13.0 Å². The van der Waals surface area contributed by atoms with Gasteiger partial charge in [0.2, 0.25) is 11.8 Å². The summed E-state index contributed by atoms with van der Waals surface area (Å²) in [6.45, 7) is 8.23. The first kappa shape index (κ1) is 42.1. The van der Waals surface area contributed by atoms with Gasteiger partial charge in [0.1, 0.15) is 40.7 Å². The maximum Gasteiger partial charge on any atom is 0.409 e. The van der Waals surface area contributed by atoms with E-state index >= 15 is 0 Å². The number of alkyl carbamates (subject to hydrolysis) is 1. The van der Waals surface area contributed by atoms with Gasteiger partial charge in [-0.2, -0.15) is 12.6 Å². The van der Waals surface area contributed by atoms with Crippen LogP contribution in [0.1, 0.15) is 59.4 Å². The van der Waals surface area contributed by atoms with Crippen molar-refractivity contribution in [2.75, 3.05) is 39.0 Å². The predicted molar refractivity (Wildman–Crippen MR) is 196 cm³/mol. The van der Waals surface area contributed by atoms with E-state index in [9.17, 15) is 29.4 Å². The van der Waals surface area contributed by atoms with E-state index in [0.717, 1.165) is 11.1 Å². The van der Waals surface area contributed by atoms with Crippen LogP contribution in [0.15, 0.2) is 35.9 Å². The van der Waals surface area contributed by atoms with Gasteiger partial charge in [0.05, 0.1) is 19.2 Å². The fraction of sp³-hybridized carbons (Fsp3) is 0.611. The Hall–Kier alpha value is -3.30. The standard InChI is InChI=1S/C36H52ClN3O10S/c1-20-11-10-12-28(48-9)36(46)19-27(49-34(44)38-36)21(2)22(3)35(5,45)29(50-33(43)23(4)39(6)30(41)13-14-51)18-31(42)40(7)25-16-24(15-20)17-26(47-8)32(25)37/h10-12,16-17,21-23,27-29,45-46,51H,13-15,18-19H2,1-9H3,(H,38,44)/b12-10+,20-11+/t21-,22+,23-,27+,28+,29-,35-,36?/m1/s1. The van der Waals surface area contributed by atoms with Crippen LogP contribution in [0.4, 0.5) is 10.5 Å². The van der Waals surface area contributed by atoms with Crippen molar-refractivity contribution < 1.29 is 48.3 Å². The highest BCUT2D eigenvalue weighted by molar-refractivity contribution is 7.80. The Labute approximate surface area is 310 Å². The van der Waals surface area contributed by atoms with E-state index in [0.29, 0.717) is 17.9 Å². The van der Waals surface area contributed by atoms with Crippen LogP contribution in [0, 0.1) is 11.8 Å². The summed E-state index contributed by atoms with van der Waals surface area (Å²) in [5.74, 6) is -2.56. The Kier molecular flexibility index (Phi) is 14.4. The maximum absolute atomic E-state index is 14.1. The largest absolute Gasteiger partial charge is 0.495 e. The van der Waals surface area contributed by atoms with Gasteiger partial charge in [-0.05, 0) is 62.5 Å². The minimum absolute atomic E-state index is 0.0931. The minimum Gasteiger partial charge on any atom is -0.495 e. The van der Waals surface area contributed by atoms with Crippen molar-refractivity contribution in [2.45, 2.75) is 96.0 Å². The number of anilines is 1. The number of nitrogens with one attached hydrogen (secondary N) is 1. The molecule has 1 fully saturated rings. The number of aliphatic hydroxyl groups is 2. The van der Waals surface area contributed by atoms with Crippen LogP contribution >= 0.6 is 24.2 Å². The van der Waals surface area contributed by atoms with Crippen molar-refractivity contribution in [3.8, 4) is 5.75 Å². The van der Waals surface area contributed by atoms with E-state index < -0.39 is 71.9 Å². The molecule has 1 aromatic carbocycles. The molecule has 3 N–H and O–H groups in total. The van der Waals surface area contributed by atoms with Crippen LogP contribution in [-0.4, -0.2) is 109 Å². The molecule has 3 rings (SSSR count). The van der Waals surface area contributed by atoms with Gasteiger partial charge in [-0.1, -0.05) is 49.2 Å². The number of nitrogens with zero attached hydrogens (tertiary/aromatic N) is 2. The van der Waals surface area contributed by atoms with Crippen molar-refractivity contribution in [1.29, 1.82) is 0 Å². The molecule has 1 saturated heterocycles. The molecule has 2 aliphatic heterocycles. The Morgan fingerprint density at radius 2 is 1.90 bits per heavy atom. The van der Waals surface area contributed by atoms with Crippen LogP contribution in [-0.2, 0) is 35.0 Å². The molecule has 0 spiro atoms. The molecule has 0 saturated carbocycles. The molecule has 284 valence electrons. The summed E-state index contributed by atoms with van der Waals surface area (Å²) in [4.78, 5) is 55.6. The van der Waals surface area contributed by atoms with E-state index in [4.69, 9.17) is 30.5 Å². The van der Waals surface area contributed by atoms with E-state index in [1.165, 1.54) is 52.0 Å². The lowest BCUT2D eigenvalue weighted by molar-refractivity contribution is -0.186. The number of methoxy groups -OCH3 is 2. The highest BCUT2D eigenvalue weighted by Crippen LogP contribution is 2.40. The predicted octanol–water partition coefficient (Wildman–Crippen LogP) is 4.06. The molecular formula is C36H52ClN3O10S. The normalized spacial score (nSPS) is 31.4. The zero-order valence-electron chi connectivity index (χ0n) is 30.8. The fourth-order valence-corrected chi connectivity index (χ4v) is 6.83. The molecule has 1 unspecified atom stereocenters. The van der Waals surface area contributed by atoms with Gasteiger partial charge < -0.3 is 39.0 Å². The Morgan fingerprint density at radius 3 is 2.51 bits per heavy atom. The number of carbonyl (C=O) groups is 4.